The first kappa shape index (κ1) is 15.3. The Morgan fingerprint density at radius 2 is 1.70 bits per heavy atom. The molecule has 0 aliphatic rings. The van der Waals surface area contributed by atoms with Gasteiger partial charge in [0.05, 0.1) is 6.04 Å². The summed E-state index contributed by atoms with van der Waals surface area (Å²) >= 11 is 3.60. The molecular formula is C18H22BrN. The Bertz CT molecular complexity index is 540. The fraction of sp³-hybridized carbons (Fsp3) is 0.333. The lowest BCUT2D eigenvalue weighted by molar-refractivity contribution is 0.630. The lowest BCUT2D eigenvalue weighted by atomic mass is 9.96. The van der Waals surface area contributed by atoms with Gasteiger partial charge in [-0.3, -0.25) is 0 Å². The van der Waals surface area contributed by atoms with E-state index in [1.54, 1.807) is 0 Å². The van der Waals surface area contributed by atoms with Gasteiger partial charge in [-0.1, -0.05) is 60.1 Å². The highest BCUT2D eigenvalue weighted by Gasteiger charge is 2.13. The highest BCUT2D eigenvalue weighted by molar-refractivity contribution is 9.10. The summed E-state index contributed by atoms with van der Waals surface area (Å²) in [7, 11) is 0. The zero-order valence-electron chi connectivity index (χ0n) is 12.4. The maximum Gasteiger partial charge on any atom is 0.0577 e. The third-order valence-corrected chi connectivity index (χ3v) is 3.99. The van der Waals surface area contributed by atoms with Crippen LogP contribution in [-0.4, -0.2) is 6.54 Å². The van der Waals surface area contributed by atoms with Crippen LogP contribution in [0.5, 0.6) is 0 Å². The minimum Gasteiger partial charge on any atom is -0.307 e. The first-order chi connectivity index (χ1) is 9.63. The molecule has 20 heavy (non-hydrogen) atoms. The Morgan fingerprint density at radius 1 is 1.00 bits per heavy atom. The molecule has 0 aromatic heterocycles. The molecule has 2 aromatic carbocycles. The molecule has 0 aliphatic carbocycles. The van der Waals surface area contributed by atoms with E-state index in [4.69, 9.17) is 0 Å². The predicted octanol–water partition coefficient (Wildman–Crippen LogP) is 5.02. The highest BCUT2D eigenvalue weighted by Crippen LogP contribution is 2.26. The maximum absolute atomic E-state index is 3.60. The van der Waals surface area contributed by atoms with Crippen LogP contribution < -0.4 is 5.32 Å². The van der Waals surface area contributed by atoms with Crippen LogP contribution in [0.1, 0.15) is 42.1 Å². The Hall–Kier alpha value is -1.12. The molecule has 1 nitrogen and oxygen atoms in total. The molecule has 0 saturated heterocycles. The minimum absolute atomic E-state index is 0.252. The van der Waals surface area contributed by atoms with Crippen LogP contribution in [0.2, 0.25) is 0 Å². The van der Waals surface area contributed by atoms with Crippen LogP contribution >= 0.6 is 15.9 Å². The average molecular weight is 332 g/mol. The molecule has 0 bridgehead atoms. The largest absolute Gasteiger partial charge is 0.307 e. The molecular weight excluding hydrogens is 310 g/mol. The summed E-state index contributed by atoms with van der Waals surface area (Å²) in [5.74, 6) is 0. The summed E-state index contributed by atoms with van der Waals surface area (Å²) in [4.78, 5) is 0. The lowest BCUT2D eigenvalue weighted by Crippen LogP contribution is -2.22. The van der Waals surface area contributed by atoms with E-state index in [0.29, 0.717) is 0 Å². The number of aryl methyl sites for hydroxylation is 2. The summed E-state index contributed by atoms with van der Waals surface area (Å²) in [5, 5.41) is 3.59. The fourth-order valence-electron chi connectivity index (χ4n) is 2.51. The van der Waals surface area contributed by atoms with Crippen molar-refractivity contribution in [3.05, 3.63) is 69.2 Å². The minimum atomic E-state index is 0.252. The van der Waals surface area contributed by atoms with Crippen molar-refractivity contribution in [3.8, 4) is 0 Å². The Morgan fingerprint density at radius 3 is 2.25 bits per heavy atom. The Labute approximate surface area is 130 Å². The maximum atomic E-state index is 3.60. The van der Waals surface area contributed by atoms with Crippen LogP contribution in [-0.2, 0) is 6.42 Å². The molecule has 0 radical (unpaired) electrons. The first-order valence-corrected chi connectivity index (χ1v) is 8.02. The normalized spacial score (nSPS) is 12.4. The number of hydrogen-bond donors (Lipinski definition) is 1. The zero-order valence-corrected chi connectivity index (χ0v) is 14.0. The molecule has 0 spiro atoms. The summed E-state index contributed by atoms with van der Waals surface area (Å²) in [6, 6.07) is 15.8. The Kier molecular flexibility index (Phi) is 5.38. The van der Waals surface area contributed by atoms with Crippen LogP contribution in [0.3, 0.4) is 0 Å². The van der Waals surface area contributed by atoms with Gasteiger partial charge < -0.3 is 5.32 Å². The highest BCUT2D eigenvalue weighted by atomic mass is 79.9. The van der Waals surface area contributed by atoms with Crippen LogP contribution in [0, 0.1) is 6.92 Å². The van der Waals surface area contributed by atoms with E-state index in [-0.39, 0.29) is 6.04 Å². The van der Waals surface area contributed by atoms with E-state index in [2.05, 4.69) is 84.5 Å². The molecule has 0 heterocycles. The average Bonchev–Trinajstić information content (AvgIpc) is 2.44. The van der Waals surface area contributed by atoms with E-state index in [9.17, 15) is 0 Å². The third kappa shape index (κ3) is 3.71. The standard InChI is InChI=1S/C18H22BrN/c1-4-14-6-8-15(9-7-14)18(20-5-2)16-10-13(3)11-17(19)12-16/h6-12,18,20H,4-5H2,1-3H3. The molecule has 0 amide bonds. The summed E-state index contributed by atoms with van der Waals surface area (Å²) in [6.45, 7) is 7.43. The molecule has 2 aromatic rings. The van der Waals surface area contributed by atoms with Crippen molar-refractivity contribution < 1.29 is 0 Å². The smallest absolute Gasteiger partial charge is 0.0577 e. The van der Waals surface area contributed by atoms with E-state index >= 15 is 0 Å². The number of hydrogen-bond acceptors (Lipinski definition) is 1. The molecule has 1 unspecified atom stereocenters. The lowest BCUT2D eigenvalue weighted by Gasteiger charge is -2.20. The van der Waals surface area contributed by atoms with Crippen LogP contribution in [0.15, 0.2) is 46.9 Å². The Balaban J connectivity index is 2.38. The van der Waals surface area contributed by atoms with Crippen LogP contribution in [0.4, 0.5) is 0 Å². The molecule has 2 rings (SSSR count). The summed E-state index contributed by atoms with van der Waals surface area (Å²) in [6.07, 6.45) is 1.09. The van der Waals surface area contributed by atoms with Crippen LogP contribution in [0.25, 0.3) is 0 Å². The predicted molar refractivity (Wildman–Crippen MR) is 90.2 cm³/mol. The van der Waals surface area contributed by atoms with E-state index < -0.39 is 0 Å². The van der Waals surface area contributed by atoms with Gasteiger partial charge in [-0.05, 0) is 54.3 Å². The van der Waals surface area contributed by atoms with Crippen molar-refractivity contribution in [1.29, 1.82) is 0 Å². The number of nitrogens with one attached hydrogen (secondary N) is 1. The monoisotopic (exact) mass is 331 g/mol. The van der Waals surface area contributed by atoms with E-state index in [1.165, 1.54) is 22.3 Å². The second kappa shape index (κ2) is 7.05. The van der Waals surface area contributed by atoms with Crippen molar-refractivity contribution in [1.82, 2.24) is 5.32 Å². The van der Waals surface area contributed by atoms with Crippen molar-refractivity contribution in [2.75, 3.05) is 6.54 Å². The van der Waals surface area contributed by atoms with Crippen molar-refractivity contribution in [2.45, 2.75) is 33.2 Å². The van der Waals surface area contributed by atoms with E-state index in [1.807, 2.05) is 0 Å². The van der Waals surface area contributed by atoms with Gasteiger partial charge in [0.15, 0.2) is 0 Å². The fourth-order valence-corrected chi connectivity index (χ4v) is 3.13. The second-order valence-electron chi connectivity index (χ2n) is 5.15. The third-order valence-electron chi connectivity index (χ3n) is 3.53. The summed E-state index contributed by atoms with van der Waals surface area (Å²) in [5.41, 5.74) is 5.29. The summed E-state index contributed by atoms with van der Waals surface area (Å²) < 4.78 is 1.14. The second-order valence-corrected chi connectivity index (χ2v) is 6.06. The van der Waals surface area contributed by atoms with Crippen molar-refractivity contribution >= 4 is 15.9 Å². The number of rotatable bonds is 5. The zero-order chi connectivity index (χ0) is 14.5. The molecule has 1 N–H and O–H groups in total. The molecule has 0 saturated carbocycles. The van der Waals surface area contributed by atoms with Gasteiger partial charge >= 0.3 is 0 Å². The topological polar surface area (TPSA) is 12.0 Å². The molecule has 106 valence electrons. The first-order valence-electron chi connectivity index (χ1n) is 7.23. The van der Waals surface area contributed by atoms with Gasteiger partial charge in [0.25, 0.3) is 0 Å². The molecule has 2 heteroatoms. The SMILES string of the molecule is CCNC(c1ccc(CC)cc1)c1cc(C)cc(Br)c1. The number of halogens is 1. The van der Waals surface area contributed by atoms with Gasteiger partial charge in [0.2, 0.25) is 0 Å². The molecule has 0 aliphatic heterocycles. The van der Waals surface area contributed by atoms with Gasteiger partial charge in [0, 0.05) is 4.47 Å². The molecule has 0 fully saturated rings. The van der Waals surface area contributed by atoms with Gasteiger partial charge in [-0.2, -0.15) is 0 Å². The number of benzene rings is 2. The van der Waals surface area contributed by atoms with E-state index in [0.717, 1.165) is 17.4 Å². The van der Waals surface area contributed by atoms with Gasteiger partial charge in [-0.25, -0.2) is 0 Å². The van der Waals surface area contributed by atoms with Crippen molar-refractivity contribution in [3.63, 3.8) is 0 Å². The van der Waals surface area contributed by atoms with Gasteiger partial charge in [-0.15, -0.1) is 0 Å². The van der Waals surface area contributed by atoms with Gasteiger partial charge in [0.1, 0.15) is 0 Å². The molecule has 1 atom stereocenters. The quantitative estimate of drug-likeness (QED) is 0.811. The van der Waals surface area contributed by atoms with Crippen molar-refractivity contribution in [2.24, 2.45) is 0 Å².